The third-order valence-corrected chi connectivity index (χ3v) is 5.78. The number of aliphatic hydroxyl groups is 1. The van der Waals surface area contributed by atoms with Crippen LogP contribution in [0.15, 0.2) is 0 Å². The molecule has 0 amide bonds. The molecular formula is C14H24O6S2. The van der Waals surface area contributed by atoms with Crippen LogP contribution in [0.3, 0.4) is 0 Å². The van der Waals surface area contributed by atoms with Gasteiger partial charge in [0, 0.05) is 6.42 Å². The summed E-state index contributed by atoms with van der Waals surface area (Å²) in [4.78, 5) is 22.0. The molecule has 1 fully saturated rings. The van der Waals surface area contributed by atoms with Crippen LogP contribution in [0.5, 0.6) is 0 Å². The standard InChI is InChI=1S/C14H24O6S2/c1-5-21-13(22-6-2)11-10(19-14(3,4)20-11)8(15)7-9(16)12(17)18/h8,10-11,13,15H,5-7H2,1-4H3,(H,17,18)/t8-,10+,11+/m0/s1. The minimum Gasteiger partial charge on any atom is -0.475 e. The van der Waals surface area contributed by atoms with E-state index in [1.807, 2.05) is 13.8 Å². The van der Waals surface area contributed by atoms with Crippen molar-refractivity contribution in [3.8, 4) is 0 Å². The van der Waals surface area contributed by atoms with Crippen molar-refractivity contribution >= 4 is 35.3 Å². The number of ether oxygens (including phenoxy) is 2. The Morgan fingerprint density at radius 1 is 1.14 bits per heavy atom. The molecular weight excluding hydrogens is 328 g/mol. The summed E-state index contributed by atoms with van der Waals surface area (Å²) in [6.45, 7) is 7.56. The monoisotopic (exact) mass is 352 g/mol. The number of carboxylic acids is 1. The lowest BCUT2D eigenvalue weighted by atomic mass is 10.0. The van der Waals surface area contributed by atoms with Crippen molar-refractivity contribution in [2.45, 2.75) is 62.8 Å². The van der Waals surface area contributed by atoms with E-state index < -0.39 is 42.3 Å². The van der Waals surface area contributed by atoms with Gasteiger partial charge in [-0.25, -0.2) is 4.79 Å². The minimum absolute atomic E-state index is 0.0522. The van der Waals surface area contributed by atoms with Crippen molar-refractivity contribution in [3.05, 3.63) is 0 Å². The highest BCUT2D eigenvalue weighted by Gasteiger charge is 2.48. The Kier molecular flexibility index (Phi) is 7.67. The van der Waals surface area contributed by atoms with E-state index in [0.717, 1.165) is 11.5 Å². The van der Waals surface area contributed by atoms with Gasteiger partial charge >= 0.3 is 5.97 Å². The molecule has 0 radical (unpaired) electrons. The van der Waals surface area contributed by atoms with Crippen LogP contribution in [0, 0.1) is 0 Å². The Hall–Kier alpha value is -0.280. The number of rotatable bonds is 9. The minimum atomic E-state index is -1.55. The van der Waals surface area contributed by atoms with Gasteiger partial charge in [0.1, 0.15) is 12.2 Å². The van der Waals surface area contributed by atoms with Gasteiger partial charge in [0.25, 0.3) is 0 Å². The van der Waals surface area contributed by atoms with Crippen LogP contribution in [0.2, 0.25) is 0 Å². The Morgan fingerprint density at radius 3 is 2.09 bits per heavy atom. The molecule has 1 rings (SSSR count). The zero-order chi connectivity index (χ0) is 16.9. The van der Waals surface area contributed by atoms with Crippen LogP contribution in [-0.2, 0) is 19.1 Å². The molecule has 8 heteroatoms. The number of carbonyl (C=O) groups is 2. The molecule has 1 aliphatic rings. The summed E-state index contributed by atoms with van der Waals surface area (Å²) in [7, 11) is 0. The van der Waals surface area contributed by atoms with Gasteiger partial charge in [0.05, 0.1) is 10.7 Å². The van der Waals surface area contributed by atoms with E-state index in [-0.39, 0.29) is 4.58 Å². The first-order valence-corrected chi connectivity index (χ1v) is 9.34. The molecule has 0 saturated carbocycles. The summed E-state index contributed by atoms with van der Waals surface area (Å²) in [5.41, 5.74) is 0. The van der Waals surface area contributed by atoms with Crippen LogP contribution >= 0.6 is 23.5 Å². The van der Waals surface area contributed by atoms with Gasteiger partial charge < -0.3 is 19.7 Å². The molecule has 0 aromatic heterocycles. The van der Waals surface area contributed by atoms with Gasteiger partial charge in [-0.05, 0) is 25.4 Å². The number of thioether (sulfide) groups is 2. The fourth-order valence-corrected chi connectivity index (χ4v) is 4.94. The quantitative estimate of drug-likeness (QED) is 0.479. The number of carbonyl (C=O) groups excluding carboxylic acids is 1. The van der Waals surface area contributed by atoms with Crippen molar-refractivity contribution in [1.29, 1.82) is 0 Å². The van der Waals surface area contributed by atoms with Gasteiger partial charge in [-0.1, -0.05) is 13.8 Å². The van der Waals surface area contributed by atoms with Gasteiger partial charge in [-0.2, -0.15) is 0 Å². The van der Waals surface area contributed by atoms with Gasteiger partial charge in [-0.3, -0.25) is 4.79 Å². The molecule has 128 valence electrons. The molecule has 1 saturated heterocycles. The lowest BCUT2D eigenvalue weighted by Gasteiger charge is -2.27. The van der Waals surface area contributed by atoms with Crippen molar-refractivity contribution in [2.24, 2.45) is 0 Å². The Labute approximate surface area is 139 Å². The van der Waals surface area contributed by atoms with Crippen molar-refractivity contribution in [3.63, 3.8) is 0 Å². The molecule has 0 aromatic rings. The normalized spacial score (nSPS) is 25.4. The average molecular weight is 352 g/mol. The van der Waals surface area contributed by atoms with Crippen molar-refractivity contribution in [1.82, 2.24) is 0 Å². The van der Waals surface area contributed by atoms with E-state index in [1.165, 1.54) is 0 Å². The van der Waals surface area contributed by atoms with Crippen LogP contribution in [0.4, 0.5) is 0 Å². The highest BCUT2D eigenvalue weighted by atomic mass is 32.2. The summed E-state index contributed by atoms with van der Waals surface area (Å²) in [6.07, 6.45) is -2.80. The topological polar surface area (TPSA) is 93.1 Å². The molecule has 0 spiro atoms. The Bertz CT molecular complexity index is 395. The summed E-state index contributed by atoms with van der Waals surface area (Å²) in [5.74, 6) is -1.67. The predicted molar refractivity (Wildman–Crippen MR) is 87.1 cm³/mol. The molecule has 0 aliphatic carbocycles. The number of aliphatic carboxylic acids is 1. The molecule has 1 heterocycles. The van der Waals surface area contributed by atoms with Crippen LogP contribution in [-0.4, -0.2) is 62.2 Å². The van der Waals surface area contributed by atoms with Crippen LogP contribution < -0.4 is 0 Å². The summed E-state index contributed by atoms with van der Waals surface area (Å²) in [6, 6.07) is 0. The zero-order valence-corrected chi connectivity index (χ0v) is 14.9. The smallest absolute Gasteiger partial charge is 0.372 e. The summed E-state index contributed by atoms with van der Waals surface area (Å²) in [5, 5.41) is 18.9. The van der Waals surface area contributed by atoms with E-state index in [1.54, 1.807) is 37.4 Å². The highest BCUT2D eigenvalue weighted by Crippen LogP contribution is 2.40. The molecule has 2 N–H and O–H groups in total. The van der Waals surface area contributed by atoms with Gasteiger partial charge in [0.15, 0.2) is 5.79 Å². The maximum atomic E-state index is 11.3. The van der Waals surface area contributed by atoms with E-state index in [2.05, 4.69) is 0 Å². The molecule has 0 unspecified atom stereocenters. The first kappa shape index (κ1) is 19.8. The third kappa shape index (κ3) is 5.42. The number of hydrogen-bond donors (Lipinski definition) is 2. The second kappa shape index (κ2) is 8.54. The fourth-order valence-electron chi connectivity index (χ4n) is 2.28. The second-order valence-electron chi connectivity index (χ2n) is 5.34. The van der Waals surface area contributed by atoms with E-state index in [0.29, 0.717) is 0 Å². The molecule has 6 nitrogen and oxygen atoms in total. The van der Waals surface area contributed by atoms with E-state index in [4.69, 9.17) is 14.6 Å². The number of aliphatic hydroxyl groups excluding tert-OH is 1. The van der Waals surface area contributed by atoms with Gasteiger partial charge in [0.2, 0.25) is 5.78 Å². The largest absolute Gasteiger partial charge is 0.475 e. The van der Waals surface area contributed by atoms with Gasteiger partial charge in [-0.15, -0.1) is 23.5 Å². The Morgan fingerprint density at radius 2 is 1.64 bits per heavy atom. The molecule has 0 aromatic carbocycles. The first-order chi connectivity index (χ1) is 10.2. The highest BCUT2D eigenvalue weighted by molar-refractivity contribution is 8.17. The first-order valence-electron chi connectivity index (χ1n) is 7.24. The molecule has 22 heavy (non-hydrogen) atoms. The third-order valence-electron chi connectivity index (χ3n) is 3.11. The van der Waals surface area contributed by atoms with E-state index >= 15 is 0 Å². The SMILES string of the molecule is CCSC(SCC)[C@@H]1OC(C)(C)O[C@@H]1[C@@H](O)CC(=O)C(=O)O. The summed E-state index contributed by atoms with van der Waals surface area (Å²) < 4.78 is 11.7. The number of carboxylic acid groups (broad SMARTS) is 1. The van der Waals surface area contributed by atoms with Crippen molar-refractivity contribution < 1.29 is 29.3 Å². The molecule has 3 atom stereocenters. The zero-order valence-electron chi connectivity index (χ0n) is 13.3. The van der Waals surface area contributed by atoms with Crippen molar-refractivity contribution in [2.75, 3.05) is 11.5 Å². The maximum Gasteiger partial charge on any atom is 0.372 e. The Balaban J connectivity index is 2.87. The summed E-state index contributed by atoms with van der Waals surface area (Å²) >= 11 is 3.38. The van der Waals surface area contributed by atoms with E-state index in [9.17, 15) is 14.7 Å². The number of ketones is 1. The lowest BCUT2D eigenvalue weighted by molar-refractivity contribution is -0.159. The predicted octanol–water partition coefficient (Wildman–Crippen LogP) is 1.74. The average Bonchev–Trinajstić information content (AvgIpc) is 2.74. The number of hydrogen-bond acceptors (Lipinski definition) is 7. The number of Topliss-reactive ketones (excluding diaryl/α,β-unsaturated/α-hetero) is 1. The maximum absolute atomic E-state index is 11.3. The van der Waals surface area contributed by atoms with Crippen LogP contribution in [0.1, 0.15) is 34.1 Å². The second-order valence-corrected chi connectivity index (χ2v) is 8.48. The molecule has 1 aliphatic heterocycles. The van der Waals surface area contributed by atoms with Crippen LogP contribution in [0.25, 0.3) is 0 Å². The molecule has 0 bridgehead atoms. The lowest BCUT2D eigenvalue weighted by Crippen LogP contribution is -2.42. The fraction of sp³-hybridized carbons (Fsp3) is 0.857.